The molecule has 1 aliphatic rings. The van der Waals surface area contributed by atoms with E-state index in [1.807, 2.05) is 18.3 Å². The summed E-state index contributed by atoms with van der Waals surface area (Å²) in [6.45, 7) is 8.25. The van der Waals surface area contributed by atoms with Crippen molar-refractivity contribution in [1.82, 2.24) is 5.01 Å². The number of hydrazone groups is 1. The van der Waals surface area contributed by atoms with Gasteiger partial charge in [-0.05, 0) is 41.3 Å². The van der Waals surface area contributed by atoms with Gasteiger partial charge in [0.15, 0.2) is 0 Å². The van der Waals surface area contributed by atoms with E-state index in [0.717, 1.165) is 36.8 Å². The van der Waals surface area contributed by atoms with Gasteiger partial charge in [0, 0.05) is 23.8 Å². The zero-order valence-electron chi connectivity index (χ0n) is 14.3. The van der Waals surface area contributed by atoms with E-state index in [1.54, 1.807) is 0 Å². The zero-order valence-corrected chi connectivity index (χ0v) is 15.1. The third kappa shape index (κ3) is 4.30. The van der Waals surface area contributed by atoms with E-state index in [-0.39, 0.29) is 0 Å². The van der Waals surface area contributed by atoms with Gasteiger partial charge in [-0.3, -0.25) is 5.01 Å². The molecule has 3 nitrogen and oxygen atoms in total. The second-order valence-electron chi connectivity index (χ2n) is 6.48. The van der Waals surface area contributed by atoms with Gasteiger partial charge in [-0.15, -0.1) is 0 Å². The molecule has 0 N–H and O–H groups in total. The molecule has 2 aromatic carbocycles. The summed E-state index contributed by atoms with van der Waals surface area (Å²) in [6.07, 6.45) is 1.96. The summed E-state index contributed by atoms with van der Waals surface area (Å²) in [4.78, 5) is 2.37. The lowest BCUT2D eigenvalue weighted by molar-refractivity contribution is 0.272. The highest BCUT2D eigenvalue weighted by Crippen LogP contribution is 2.19. The fourth-order valence-electron chi connectivity index (χ4n) is 2.84. The molecule has 0 aliphatic carbocycles. The molecule has 1 saturated heterocycles. The molecule has 24 heavy (non-hydrogen) atoms. The predicted octanol–water partition coefficient (Wildman–Crippen LogP) is 4.62. The van der Waals surface area contributed by atoms with Crippen LogP contribution >= 0.6 is 11.6 Å². The Hall–Kier alpha value is -2.00. The van der Waals surface area contributed by atoms with Crippen molar-refractivity contribution in [3.05, 3.63) is 64.7 Å². The third-order valence-electron chi connectivity index (χ3n) is 4.42. The lowest BCUT2D eigenvalue weighted by Crippen LogP contribution is -2.44. The molecule has 1 aliphatic heterocycles. The molecule has 126 valence electrons. The van der Waals surface area contributed by atoms with Crippen molar-refractivity contribution in [2.45, 2.75) is 19.8 Å². The molecule has 0 spiro atoms. The van der Waals surface area contributed by atoms with Crippen LogP contribution in [0, 0.1) is 0 Å². The summed E-state index contributed by atoms with van der Waals surface area (Å²) in [5.41, 5.74) is 3.75. The van der Waals surface area contributed by atoms with Crippen molar-refractivity contribution in [2.75, 3.05) is 31.1 Å². The van der Waals surface area contributed by atoms with Gasteiger partial charge < -0.3 is 4.90 Å². The van der Waals surface area contributed by atoms with E-state index in [2.05, 4.69) is 65.3 Å². The van der Waals surface area contributed by atoms with Crippen LogP contribution in [0.5, 0.6) is 0 Å². The van der Waals surface area contributed by atoms with Gasteiger partial charge in [0.2, 0.25) is 0 Å². The minimum Gasteiger partial charge on any atom is -0.368 e. The number of piperazine rings is 1. The number of benzene rings is 2. The van der Waals surface area contributed by atoms with Crippen LogP contribution in [-0.4, -0.2) is 37.4 Å². The molecule has 0 saturated carbocycles. The van der Waals surface area contributed by atoms with E-state index in [1.165, 1.54) is 11.3 Å². The lowest BCUT2D eigenvalue weighted by atomic mass is 10.0. The number of anilines is 1. The van der Waals surface area contributed by atoms with Crippen LogP contribution < -0.4 is 4.90 Å². The Bertz CT molecular complexity index is 669. The molecule has 2 aromatic rings. The summed E-state index contributed by atoms with van der Waals surface area (Å²) in [6, 6.07) is 16.7. The van der Waals surface area contributed by atoms with Gasteiger partial charge in [-0.2, -0.15) is 5.10 Å². The normalized spacial score (nSPS) is 15.5. The molecule has 3 rings (SSSR count). The first-order valence-electron chi connectivity index (χ1n) is 8.51. The molecule has 4 heteroatoms. The van der Waals surface area contributed by atoms with Crippen molar-refractivity contribution >= 4 is 23.5 Å². The first-order valence-corrected chi connectivity index (χ1v) is 8.89. The van der Waals surface area contributed by atoms with Crippen LogP contribution in [0.4, 0.5) is 5.69 Å². The van der Waals surface area contributed by atoms with E-state index >= 15 is 0 Å². The van der Waals surface area contributed by atoms with Gasteiger partial charge in [0.05, 0.1) is 19.3 Å². The standard InChI is InChI=1S/C20H24ClN3/c1-16(2)18-5-3-17(4-6-18)15-22-24-13-11-23(12-14-24)20-9-7-19(21)8-10-20/h3-10,15-16H,11-14H2,1-2H3. The minimum atomic E-state index is 0.567. The van der Waals surface area contributed by atoms with Crippen LogP contribution in [0.2, 0.25) is 5.02 Å². The topological polar surface area (TPSA) is 18.8 Å². The van der Waals surface area contributed by atoms with E-state index in [9.17, 15) is 0 Å². The number of rotatable bonds is 4. The molecular formula is C20H24ClN3. The first kappa shape index (κ1) is 16.8. The fraction of sp³-hybridized carbons (Fsp3) is 0.350. The van der Waals surface area contributed by atoms with Gasteiger partial charge in [0.1, 0.15) is 0 Å². The molecule has 0 unspecified atom stereocenters. The average molecular weight is 342 g/mol. The number of hydrogen-bond acceptors (Lipinski definition) is 3. The maximum atomic E-state index is 5.95. The van der Waals surface area contributed by atoms with Crippen molar-refractivity contribution < 1.29 is 0 Å². The van der Waals surface area contributed by atoms with Crippen molar-refractivity contribution in [3.8, 4) is 0 Å². The third-order valence-corrected chi connectivity index (χ3v) is 4.67. The smallest absolute Gasteiger partial charge is 0.0542 e. The molecule has 1 heterocycles. The van der Waals surface area contributed by atoms with E-state index < -0.39 is 0 Å². The second kappa shape index (κ2) is 7.71. The molecule has 0 amide bonds. The molecule has 0 radical (unpaired) electrons. The Balaban J connectivity index is 1.54. The summed E-state index contributed by atoms with van der Waals surface area (Å²) < 4.78 is 0. The number of nitrogens with zero attached hydrogens (tertiary/aromatic N) is 3. The van der Waals surface area contributed by atoms with Crippen molar-refractivity contribution in [2.24, 2.45) is 5.10 Å². The van der Waals surface area contributed by atoms with E-state index in [4.69, 9.17) is 11.6 Å². The largest absolute Gasteiger partial charge is 0.368 e. The molecular weight excluding hydrogens is 318 g/mol. The molecule has 0 aromatic heterocycles. The first-order chi connectivity index (χ1) is 11.6. The quantitative estimate of drug-likeness (QED) is 0.756. The lowest BCUT2D eigenvalue weighted by Gasteiger charge is -2.34. The average Bonchev–Trinajstić information content (AvgIpc) is 2.61. The highest BCUT2D eigenvalue weighted by atomic mass is 35.5. The van der Waals surface area contributed by atoms with Crippen LogP contribution in [-0.2, 0) is 0 Å². The Labute approximate surface area is 149 Å². The highest BCUT2D eigenvalue weighted by molar-refractivity contribution is 6.30. The maximum Gasteiger partial charge on any atom is 0.0542 e. The zero-order chi connectivity index (χ0) is 16.9. The number of halogens is 1. The fourth-order valence-corrected chi connectivity index (χ4v) is 2.96. The van der Waals surface area contributed by atoms with Gasteiger partial charge >= 0.3 is 0 Å². The number of hydrogen-bond donors (Lipinski definition) is 0. The van der Waals surface area contributed by atoms with Gasteiger partial charge in [-0.25, -0.2) is 0 Å². The maximum absolute atomic E-state index is 5.95. The van der Waals surface area contributed by atoms with Crippen LogP contribution in [0.3, 0.4) is 0 Å². The Kier molecular flexibility index (Phi) is 5.41. The van der Waals surface area contributed by atoms with Crippen molar-refractivity contribution in [1.29, 1.82) is 0 Å². The Morgan fingerprint density at radius 3 is 2.12 bits per heavy atom. The van der Waals surface area contributed by atoms with Crippen LogP contribution in [0.15, 0.2) is 53.6 Å². The SMILES string of the molecule is CC(C)c1ccc(C=NN2CCN(c3ccc(Cl)cc3)CC2)cc1. The monoisotopic (exact) mass is 341 g/mol. The molecule has 0 atom stereocenters. The molecule has 0 bridgehead atoms. The van der Waals surface area contributed by atoms with E-state index in [0.29, 0.717) is 5.92 Å². The second-order valence-corrected chi connectivity index (χ2v) is 6.92. The summed E-state index contributed by atoms with van der Waals surface area (Å²) in [7, 11) is 0. The van der Waals surface area contributed by atoms with Gasteiger partial charge in [0.25, 0.3) is 0 Å². The summed E-state index contributed by atoms with van der Waals surface area (Å²) in [5.74, 6) is 0.567. The highest BCUT2D eigenvalue weighted by Gasteiger charge is 2.15. The molecule has 1 fully saturated rings. The van der Waals surface area contributed by atoms with Crippen LogP contribution in [0.25, 0.3) is 0 Å². The minimum absolute atomic E-state index is 0.567. The Morgan fingerprint density at radius 1 is 0.917 bits per heavy atom. The van der Waals surface area contributed by atoms with Crippen LogP contribution in [0.1, 0.15) is 30.9 Å². The van der Waals surface area contributed by atoms with Gasteiger partial charge in [-0.1, -0.05) is 49.7 Å². The summed E-state index contributed by atoms with van der Waals surface area (Å²) >= 11 is 5.95. The Morgan fingerprint density at radius 2 is 1.54 bits per heavy atom. The van der Waals surface area contributed by atoms with Crippen molar-refractivity contribution in [3.63, 3.8) is 0 Å². The predicted molar refractivity (Wildman–Crippen MR) is 103 cm³/mol. The summed E-state index contributed by atoms with van der Waals surface area (Å²) in [5, 5.41) is 7.56.